The summed E-state index contributed by atoms with van der Waals surface area (Å²) in [4.78, 5) is 28.8. The lowest BCUT2D eigenvalue weighted by molar-refractivity contribution is -0.120. The maximum absolute atomic E-state index is 12.0. The fourth-order valence-electron chi connectivity index (χ4n) is 1.66. The van der Waals surface area contributed by atoms with Gasteiger partial charge in [0.05, 0.1) is 6.33 Å². The Hall–Kier alpha value is -1.85. The van der Waals surface area contributed by atoms with Gasteiger partial charge in [-0.1, -0.05) is 0 Å². The Kier molecular flexibility index (Phi) is 2.89. The molecule has 0 saturated carbocycles. The number of nitrogens with zero attached hydrogens (tertiary/aromatic N) is 3. The van der Waals surface area contributed by atoms with Gasteiger partial charge in [-0.15, -0.1) is 0 Å². The van der Waals surface area contributed by atoms with Crippen LogP contribution in [0.2, 0.25) is 0 Å². The highest BCUT2D eigenvalue weighted by molar-refractivity contribution is 5.92. The second-order valence-electron chi connectivity index (χ2n) is 3.82. The van der Waals surface area contributed by atoms with Gasteiger partial charge in [0.2, 0.25) is 5.91 Å². The van der Waals surface area contributed by atoms with E-state index in [-0.39, 0.29) is 11.8 Å². The van der Waals surface area contributed by atoms with E-state index < -0.39 is 0 Å². The minimum absolute atomic E-state index is 0.00341. The molecule has 6 nitrogen and oxygen atoms in total. The van der Waals surface area contributed by atoms with Crippen LogP contribution in [-0.4, -0.2) is 45.9 Å². The Balaban J connectivity index is 2.06. The molecule has 0 spiro atoms. The van der Waals surface area contributed by atoms with E-state index in [0.29, 0.717) is 31.7 Å². The first-order chi connectivity index (χ1) is 7.66. The third-order valence-corrected chi connectivity index (χ3v) is 2.52. The van der Waals surface area contributed by atoms with Crippen molar-refractivity contribution in [2.24, 2.45) is 7.05 Å². The first-order valence-corrected chi connectivity index (χ1v) is 5.21. The van der Waals surface area contributed by atoms with Gasteiger partial charge in [-0.3, -0.25) is 9.59 Å². The lowest BCUT2D eigenvalue weighted by Crippen LogP contribution is -2.34. The van der Waals surface area contributed by atoms with Gasteiger partial charge in [-0.2, -0.15) is 0 Å². The third kappa shape index (κ3) is 2.21. The Morgan fingerprint density at radius 2 is 2.31 bits per heavy atom. The van der Waals surface area contributed by atoms with Crippen LogP contribution < -0.4 is 5.32 Å². The molecule has 1 fully saturated rings. The van der Waals surface area contributed by atoms with Crippen LogP contribution in [0.3, 0.4) is 0 Å². The van der Waals surface area contributed by atoms with Gasteiger partial charge < -0.3 is 14.8 Å². The SMILES string of the molecule is Cn1cnc(C(=O)N2CCNC(=O)CC2)c1. The van der Waals surface area contributed by atoms with Crippen molar-refractivity contribution < 1.29 is 9.59 Å². The summed E-state index contributed by atoms with van der Waals surface area (Å²) in [6, 6.07) is 0. The van der Waals surface area contributed by atoms with Crippen LogP contribution in [0.15, 0.2) is 12.5 Å². The van der Waals surface area contributed by atoms with Gasteiger partial charge in [0.25, 0.3) is 5.91 Å². The van der Waals surface area contributed by atoms with Crippen LogP contribution >= 0.6 is 0 Å². The van der Waals surface area contributed by atoms with Crippen LogP contribution in [0.4, 0.5) is 0 Å². The highest BCUT2D eigenvalue weighted by atomic mass is 16.2. The van der Waals surface area contributed by atoms with Crippen LogP contribution in [0.5, 0.6) is 0 Å². The summed E-state index contributed by atoms with van der Waals surface area (Å²) in [5, 5.41) is 2.73. The number of aryl methyl sites for hydroxylation is 1. The van der Waals surface area contributed by atoms with Gasteiger partial charge >= 0.3 is 0 Å². The molecule has 1 aliphatic heterocycles. The minimum Gasteiger partial charge on any atom is -0.354 e. The Morgan fingerprint density at radius 1 is 1.50 bits per heavy atom. The summed E-state index contributed by atoms with van der Waals surface area (Å²) < 4.78 is 1.73. The van der Waals surface area contributed by atoms with Gasteiger partial charge in [0.1, 0.15) is 5.69 Å². The molecule has 2 rings (SSSR count). The molecule has 86 valence electrons. The Morgan fingerprint density at radius 3 is 3.00 bits per heavy atom. The lowest BCUT2D eigenvalue weighted by atomic mass is 10.3. The lowest BCUT2D eigenvalue weighted by Gasteiger charge is -2.17. The summed E-state index contributed by atoms with van der Waals surface area (Å²) in [6.45, 7) is 1.51. The maximum atomic E-state index is 12.0. The number of amides is 2. The zero-order chi connectivity index (χ0) is 11.5. The van der Waals surface area contributed by atoms with E-state index in [0.717, 1.165) is 0 Å². The van der Waals surface area contributed by atoms with Crippen molar-refractivity contribution in [3.63, 3.8) is 0 Å². The smallest absolute Gasteiger partial charge is 0.274 e. The number of carbonyl (C=O) groups excluding carboxylic acids is 2. The summed E-state index contributed by atoms with van der Waals surface area (Å²) in [6.07, 6.45) is 3.63. The zero-order valence-corrected chi connectivity index (χ0v) is 9.14. The fourth-order valence-corrected chi connectivity index (χ4v) is 1.66. The van der Waals surface area contributed by atoms with Gasteiger partial charge in [-0.05, 0) is 0 Å². The normalized spacial score (nSPS) is 16.8. The molecule has 0 aliphatic carbocycles. The first kappa shape index (κ1) is 10.7. The largest absolute Gasteiger partial charge is 0.354 e. The molecule has 0 aromatic carbocycles. The average Bonchev–Trinajstić information content (AvgIpc) is 2.57. The average molecular weight is 222 g/mol. The Bertz CT molecular complexity index is 413. The minimum atomic E-state index is -0.114. The van der Waals surface area contributed by atoms with Crippen LogP contribution in [0.1, 0.15) is 16.9 Å². The van der Waals surface area contributed by atoms with Gasteiger partial charge in [-0.25, -0.2) is 4.98 Å². The first-order valence-electron chi connectivity index (χ1n) is 5.21. The number of hydrogen-bond donors (Lipinski definition) is 1. The predicted octanol–water partition coefficient (Wildman–Crippen LogP) is -0.618. The van der Waals surface area contributed by atoms with Crippen molar-refractivity contribution in [3.8, 4) is 0 Å². The molecule has 0 bridgehead atoms. The van der Waals surface area contributed by atoms with Crippen LogP contribution in [-0.2, 0) is 11.8 Å². The number of aromatic nitrogens is 2. The molecule has 16 heavy (non-hydrogen) atoms. The van der Waals surface area contributed by atoms with Crippen LogP contribution in [0.25, 0.3) is 0 Å². The van der Waals surface area contributed by atoms with E-state index in [1.807, 2.05) is 7.05 Å². The standard InChI is InChI=1S/C10H14N4O2/c1-13-6-8(12-7-13)10(16)14-4-2-9(15)11-3-5-14/h6-7H,2-5H2,1H3,(H,11,15). The van der Waals surface area contributed by atoms with Crippen LogP contribution in [0, 0.1) is 0 Å². The summed E-state index contributed by atoms with van der Waals surface area (Å²) in [7, 11) is 1.82. The third-order valence-electron chi connectivity index (χ3n) is 2.52. The summed E-state index contributed by atoms with van der Waals surface area (Å²) in [5.41, 5.74) is 0.428. The summed E-state index contributed by atoms with van der Waals surface area (Å²) in [5.74, 6) is -0.117. The van der Waals surface area contributed by atoms with E-state index in [4.69, 9.17) is 0 Å². The van der Waals surface area contributed by atoms with Crippen molar-refractivity contribution in [2.75, 3.05) is 19.6 Å². The van der Waals surface area contributed by atoms with E-state index in [1.54, 1.807) is 22.0 Å². The molecule has 1 N–H and O–H groups in total. The molecule has 1 saturated heterocycles. The molecular formula is C10H14N4O2. The van der Waals surface area contributed by atoms with Crippen molar-refractivity contribution >= 4 is 11.8 Å². The van der Waals surface area contributed by atoms with Crippen molar-refractivity contribution in [1.82, 2.24) is 19.8 Å². The van der Waals surface area contributed by atoms with Crippen molar-refractivity contribution in [3.05, 3.63) is 18.2 Å². The molecule has 0 unspecified atom stereocenters. The second-order valence-corrected chi connectivity index (χ2v) is 3.82. The summed E-state index contributed by atoms with van der Waals surface area (Å²) >= 11 is 0. The second kappa shape index (κ2) is 4.34. The molecule has 1 aliphatic rings. The Labute approximate surface area is 93.3 Å². The van der Waals surface area contributed by atoms with Gasteiger partial charge in [0.15, 0.2) is 0 Å². The molecule has 0 radical (unpaired) electrons. The molecular weight excluding hydrogens is 208 g/mol. The highest BCUT2D eigenvalue weighted by Crippen LogP contribution is 2.04. The van der Waals surface area contributed by atoms with Gasteiger partial charge in [0, 0.05) is 39.3 Å². The fraction of sp³-hybridized carbons (Fsp3) is 0.500. The number of imidazole rings is 1. The molecule has 0 atom stereocenters. The van der Waals surface area contributed by atoms with E-state index in [1.165, 1.54) is 0 Å². The van der Waals surface area contributed by atoms with E-state index in [2.05, 4.69) is 10.3 Å². The van der Waals surface area contributed by atoms with Crippen molar-refractivity contribution in [1.29, 1.82) is 0 Å². The highest BCUT2D eigenvalue weighted by Gasteiger charge is 2.20. The topological polar surface area (TPSA) is 67.2 Å². The van der Waals surface area contributed by atoms with E-state index >= 15 is 0 Å². The van der Waals surface area contributed by atoms with Crippen molar-refractivity contribution in [2.45, 2.75) is 6.42 Å². The quantitative estimate of drug-likeness (QED) is 0.688. The monoisotopic (exact) mass is 222 g/mol. The van der Waals surface area contributed by atoms with E-state index in [9.17, 15) is 9.59 Å². The number of rotatable bonds is 1. The number of hydrogen-bond acceptors (Lipinski definition) is 3. The molecule has 1 aromatic heterocycles. The number of carbonyl (C=O) groups is 2. The number of nitrogens with one attached hydrogen (secondary N) is 1. The molecule has 6 heteroatoms. The molecule has 2 amide bonds. The molecule has 1 aromatic rings. The molecule has 2 heterocycles. The predicted molar refractivity (Wildman–Crippen MR) is 56.7 cm³/mol. The maximum Gasteiger partial charge on any atom is 0.274 e. The zero-order valence-electron chi connectivity index (χ0n) is 9.14.